The first-order valence-electron chi connectivity index (χ1n) is 6.80. The lowest BCUT2D eigenvalue weighted by Gasteiger charge is -2.30. The summed E-state index contributed by atoms with van der Waals surface area (Å²) < 4.78 is 42.7. The molecule has 2 rings (SSSR count). The lowest BCUT2D eigenvalue weighted by atomic mass is 9.96. The van der Waals surface area contributed by atoms with Crippen LogP contribution < -0.4 is 0 Å². The van der Waals surface area contributed by atoms with Gasteiger partial charge in [-0.15, -0.1) is 0 Å². The summed E-state index contributed by atoms with van der Waals surface area (Å²) in [5, 5.41) is 0. The zero-order valence-electron chi connectivity index (χ0n) is 12.0. The molecule has 0 aromatic heterocycles. The highest BCUT2D eigenvalue weighted by atomic mass is 19.4. The summed E-state index contributed by atoms with van der Waals surface area (Å²) in [7, 11) is 1.21. The third-order valence-electron chi connectivity index (χ3n) is 3.65. The molecule has 0 aliphatic carbocycles. The second-order valence-electron chi connectivity index (χ2n) is 5.23. The number of piperidine rings is 1. The Hall–Kier alpha value is -1.89. The van der Waals surface area contributed by atoms with Crippen LogP contribution in [0.5, 0.6) is 0 Å². The molecule has 1 aliphatic heterocycles. The minimum absolute atomic E-state index is 0.168. The van der Waals surface area contributed by atoms with Crippen LogP contribution in [0.2, 0.25) is 0 Å². The molecule has 1 saturated heterocycles. The predicted molar refractivity (Wildman–Crippen MR) is 71.9 cm³/mol. The molecule has 0 spiro atoms. The minimum Gasteiger partial charge on any atom is -0.468 e. The molecule has 0 saturated carbocycles. The van der Waals surface area contributed by atoms with Crippen LogP contribution in [0.25, 0.3) is 0 Å². The van der Waals surface area contributed by atoms with Crippen LogP contribution >= 0.6 is 0 Å². The lowest BCUT2D eigenvalue weighted by Crippen LogP contribution is -2.44. The van der Waals surface area contributed by atoms with Crippen LogP contribution in [-0.4, -0.2) is 36.9 Å². The lowest BCUT2D eigenvalue weighted by molar-refractivity contribution is -0.152. The van der Waals surface area contributed by atoms with E-state index in [0.717, 1.165) is 12.1 Å². The molecular formula is C15H16F3NO3. The maximum absolute atomic E-state index is 12.7. The molecule has 0 amide bonds. The van der Waals surface area contributed by atoms with Gasteiger partial charge in [0.05, 0.1) is 12.7 Å². The number of halogens is 3. The van der Waals surface area contributed by atoms with Gasteiger partial charge in [0.25, 0.3) is 0 Å². The molecule has 1 unspecified atom stereocenters. The monoisotopic (exact) mass is 315 g/mol. The SMILES string of the molecule is COC(=O)C1CN(Cc2cccc(C(F)(F)F)c2)CCC1=O. The number of Topliss-reactive ketones (excluding diaryl/α,β-unsaturated/α-hetero) is 1. The Labute approximate surface area is 125 Å². The molecule has 7 heteroatoms. The van der Waals surface area contributed by atoms with E-state index in [1.165, 1.54) is 13.2 Å². The summed E-state index contributed by atoms with van der Waals surface area (Å²) in [6, 6.07) is 5.05. The van der Waals surface area contributed by atoms with Crippen molar-refractivity contribution in [1.82, 2.24) is 4.90 Å². The van der Waals surface area contributed by atoms with Crippen molar-refractivity contribution in [1.29, 1.82) is 0 Å². The highest BCUT2D eigenvalue weighted by Gasteiger charge is 2.34. The first kappa shape index (κ1) is 16.5. The fraction of sp³-hybridized carbons (Fsp3) is 0.467. The summed E-state index contributed by atoms with van der Waals surface area (Å²) in [5.74, 6) is -1.64. The standard InChI is InChI=1S/C15H16F3NO3/c1-22-14(21)12-9-19(6-5-13(12)20)8-10-3-2-4-11(7-10)15(16,17)18/h2-4,7,12H,5-6,8-9H2,1H3. The minimum atomic E-state index is -4.39. The van der Waals surface area contributed by atoms with Crippen molar-refractivity contribution in [3.8, 4) is 0 Å². The van der Waals surface area contributed by atoms with Gasteiger partial charge in [-0.05, 0) is 11.6 Å². The van der Waals surface area contributed by atoms with Crippen LogP contribution in [-0.2, 0) is 27.0 Å². The molecule has 1 heterocycles. The Morgan fingerprint density at radius 2 is 2.14 bits per heavy atom. The fourth-order valence-electron chi connectivity index (χ4n) is 2.49. The highest BCUT2D eigenvalue weighted by Crippen LogP contribution is 2.30. The van der Waals surface area contributed by atoms with Gasteiger partial charge >= 0.3 is 12.1 Å². The molecule has 1 aromatic carbocycles. The van der Waals surface area contributed by atoms with Crippen LogP contribution in [0.15, 0.2) is 24.3 Å². The number of hydrogen-bond acceptors (Lipinski definition) is 4. The number of nitrogens with zero attached hydrogens (tertiary/aromatic N) is 1. The van der Waals surface area contributed by atoms with Crippen LogP contribution in [0.1, 0.15) is 17.5 Å². The largest absolute Gasteiger partial charge is 0.468 e. The van der Waals surface area contributed by atoms with E-state index in [2.05, 4.69) is 4.74 Å². The van der Waals surface area contributed by atoms with Crippen LogP contribution in [0, 0.1) is 5.92 Å². The average molecular weight is 315 g/mol. The van der Waals surface area contributed by atoms with Gasteiger partial charge in [-0.25, -0.2) is 0 Å². The van der Waals surface area contributed by atoms with Gasteiger partial charge in [0.2, 0.25) is 0 Å². The highest BCUT2D eigenvalue weighted by molar-refractivity contribution is 5.99. The van der Waals surface area contributed by atoms with Gasteiger partial charge in [0.15, 0.2) is 0 Å². The number of ketones is 1. The Balaban J connectivity index is 2.08. The normalized spacial score (nSPS) is 20.0. The topological polar surface area (TPSA) is 46.6 Å². The number of benzene rings is 1. The van der Waals surface area contributed by atoms with Crippen LogP contribution in [0.4, 0.5) is 13.2 Å². The van der Waals surface area contributed by atoms with Crippen molar-refractivity contribution in [3.63, 3.8) is 0 Å². The van der Waals surface area contributed by atoms with Gasteiger partial charge < -0.3 is 4.74 Å². The zero-order chi connectivity index (χ0) is 16.3. The molecule has 4 nitrogen and oxygen atoms in total. The second kappa shape index (κ2) is 6.48. The van der Waals surface area contributed by atoms with Gasteiger partial charge in [0, 0.05) is 26.1 Å². The fourth-order valence-corrected chi connectivity index (χ4v) is 2.49. The van der Waals surface area contributed by atoms with Crippen molar-refractivity contribution in [3.05, 3.63) is 35.4 Å². The summed E-state index contributed by atoms with van der Waals surface area (Å²) in [5.41, 5.74) is -0.213. The van der Waals surface area contributed by atoms with E-state index in [-0.39, 0.29) is 25.3 Å². The van der Waals surface area contributed by atoms with E-state index in [0.29, 0.717) is 12.1 Å². The van der Waals surface area contributed by atoms with Gasteiger partial charge in [-0.1, -0.05) is 18.2 Å². The van der Waals surface area contributed by atoms with Crippen molar-refractivity contribution in [2.75, 3.05) is 20.2 Å². The number of likely N-dealkylation sites (tertiary alicyclic amines) is 1. The average Bonchev–Trinajstić information content (AvgIpc) is 2.48. The van der Waals surface area contributed by atoms with Crippen molar-refractivity contribution < 1.29 is 27.5 Å². The molecule has 120 valence electrons. The van der Waals surface area contributed by atoms with E-state index >= 15 is 0 Å². The smallest absolute Gasteiger partial charge is 0.416 e. The third-order valence-corrected chi connectivity index (χ3v) is 3.65. The molecule has 1 atom stereocenters. The predicted octanol–water partition coefficient (Wildman–Crippen LogP) is 2.27. The summed E-state index contributed by atoms with van der Waals surface area (Å²) in [4.78, 5) is 25.0. The van der Waals surface area contributed by atoms with Crippen molar-refractivity contribution in [2.45, 2.75) is 19.1 Å². The molecular weight excluding hydrogens is 299 g/mol. The molecule has 1 aliphatic rings. The number of hydrogen-bond donors (Lipinski definition) is 0. The third kappa shape index (κ3) is 3.85. The van der Waals surface area contributed by atoms with E-state index in [1.54, 1.807) is 11.0 Å². The molecule has 0 radical (unpaired) electrons. The van der Waals surface area contributed by atoms with Gasteiger partial charge in [-0.3, -0.25) is 14.5 Å². The molecule has 1 aromatic rings. The van der Waals surface area contributed by atoms with E-state index in [9.17, 15) is 22.8 Å². The number of esters is 1. The second-order valence-corrected chi connectivity index (χ2v) is 5.23. The van der Waals surface area contributed by atoms with E-state index in [4.69, 9.17) is 0 Å². The number of alkyl halides is 3. The number of methoxy groups -OCH3 is 1. The van der Waals surface area contributed by atoms with Crippen molar-refractivity contribution >= 4 is 11.8 Å². The maximum atomic E-state index is 12.7. The Kier molecular flexibility index (Phi) is 4.85. The molecule has 0 bridgehead atoms. The Morgan fingerprint density at radius 1 is 1.41 bits per heavy atom. The van der Waals surface area contributed by atoms with E-state index < -0.39 is 23.6 Å². The van der Waals surface area contributed by atoms with Crippen LogP contribution in [0.3, 0.4) is 0 Å². The number of carbonyl (C=O) groups is 2. The van der Waals surface area contributed by atoms with Crippen molar-refractivity contribution in [2.24, 2.45) is 5.92 Å². The first-order valence-corrected chi connectivity index (χ1v) is 6.80. The van der Waals surface area contributed by atoms with Gasteiger partial charge in [-0.2, -0.15) is 13.2 Å². The maximum Gasteiger partial charge on any atom is 0.416 e. The number of carbonyl (C=O) groups excluding carboxylic acids is 2. The Bertz CT molecular complexity index is 563. The van der Waals surface area contributed by atoms with Gasteiger partial charge in [0.1, 0.15) is 11.7 Å². The summed E-state index contributed by atoms with van der Waals surface area (Å²) >= 11 is 0. The Morgan fingerprint density at radius 3 is 2.77 bits per heavy atom. The molecule has 22 heavy (non-hydrogen) atoms. The summed E-state index contributed by atoms with van der Waals surface area (Å²) in [6.45, 7) is 0.842. The summed E-state index contributed by atoms with van der Waals surface area (Å²) in [6.07, 6.45) is -4.19. The first-order chi connectivity index (χ1) is 10.3. The zero-order valence-corrected chi connectivity index (χ0v) is 12.0. The molecule has 1 fully saturated rings. The number of rotatable bonds is 3. The quantitative estimate of drug-likeness (QED) is 0.634. The number of ether oxygens (including phenoxy) is 1. The molecule has 0 N–H and O–H groups in total. The van der Waals surface area contributed by atoms with E-state index in [1.807, 2.05) is 0 Å².